The smallest absolute Gasteiger partial charge is 0.306 e. The molecule has 19 heavy (non-hydrogen) atoms. The number of thiazole rings is 1. The molecule has 0 bridgehead atoms. The van der Waals surface area contributed by atoms with Gasteiger partial charge >= 0.3 is 4.87 Å². The highest BCUT2D eigenvalue weighted by Crippen LogP contribution is 2.27. The van der Waals surface area contributed by atoms with Crippen LogP contribution in [0.15, 0.2) is 31.7 Å². The number of sulfonamides is 1. The number of anilines is 1. The van der Waals surface area contributed by atoms with E-state index in [-0.39, 0.29) is 15.6 Å². The molecule has 5 nitrogen and oxygen atoms in total. The van der Waals surface area contributed by atoms with Crippen LogP contribution < -0.4 is 9.60 Å². The molecule has 0 unspecified atom stereocenters. The van der Waals surface area contributed by atoms with Crippen molar-refractivity contribution in [3.8, 4) is 0 Å². The van der Waals surface area contributed by atoms with E-state index >= 15 is 0 Å². The second-order valence-corrected chi connectivity index (χ2v) is 7.37. The number of benzene rings is 1. The van der Waals surface area contributed by atoms with Gasteiger partial charge in [-0.3, -0.25) is 9.52 Å². The fourth-order valence-corrected chi connectivity index (χ4v) is 4.26. The van der Waals surface area contributed by atoms with Gasteiger partial charge in [0.2, 0.25) is 0 Å². The van der Waals surface area contributed by atoms with Crippen LogP contribution in [0.2, 0.25) is 0 Å². The molecule has 0 saturated heterocycles. The average molecular weight is 367 g/mol. The van der Waals surface area contributed by atoms with Gasteiger partial charge in [-0.05, 0) is 41.1 Å². The minimum atomic E-state index is -3.92. The number of aromatic nitrogens is 1. The van der Waals surface area contributed by atoms with Gasteiger partial charge in [0.05, 0.1) is 5.69 Å². The molecular weight excluding hydrogens is 359 g/mol. The Morgan fingerprint density at radius 1 is 1.42 bits per heavy atom. The van der Waals surface area contributed by atoms with E-state index in [1.807, 2.05) is 0 Å². The standard InChI is InChI=1S/C10H8BrFN2O3S2/c1-5-9(18-10(15)13-5)19(16,17)14-8-4-6(12)2-3-7(8)11/h2-4,14H,1H3,(H,13,15). The predicted molar refractivity (Wildman–Crippen MR) is 74.6 cm³/mol. The van der Waals surface area contributed by atoms with Crippen molar-refractivity contribution in [2.75, 3.05) is 4.72 Å². The number of rotatable bonds is 3. The third-order valence-electron chi connectivity index (χ3n) is 2.20. The summed E-state index contributed by atoms with van der Waals surface area (Å²) in [5.74, 6) is -0.570. The number of H-pyrrole nitrogens is 1. The van der Waals surface area contributed by atoms with Gasteiger partial charge in [0.15, 0.2) is 4.21 Å². The zero-order valence-corrected chi connectivity index (χ0v) is 12.7. The first kappa shape index (κ1) is 14.2. The molecule has 0 aliphatic heterocycles. The normalized spacial score (nSPS) is 11.5. The van der Waals surface area contributed by atoms with Gasteiger partial charge in [-0.25, -0.2) is 12.8 Å². The molecule has 0 radical (unpaired) electrons. The molecule has 1 aromatic carbocycles. The third kappa shape index (κ3) is 3.04. The van der Waals surface area contributed by atoms with Crippen LogP contribution in [0, 0.1) is 12.7 Å². The Hall–Kier alpha value is -1.19. The maximum Gasteiger partial charge on any atom is 0.306 e. The molecule has 0 atom stereocenters. The van der Waals surface area contributed by atoms with Gasteiger partial charge in [-0.2, -0.15) is 0 Å². The van der Waals surface area contributed by atoms with Gasteiger partial charge in [-0.1, -0.05) is 11.3 Å². The Balaban J connectivity index is 2.45. The van der Waals surface area contributed by atoms with Crippen LogP contribution in [0.5, 0.6) is 0 Å². The zero-order chi connectivity index (χ0) is 14.2. The van der Waals surface area contributed by atoms with Gasteiger partial charge < -0.3 is 4.98 Å². The average Bonchev–Trinajstić information content (AvgIpc) is 2.63. The SMILES string of the molecule is Cc1[nH]c(=O)sc1S(=O)(=O)Nc1cc(F)ccc1Br. The second-order valence-electron chi connectivity index (χ2n) is 3.66. The van der Waals surface area contributed by atoms with Gasteiger partial charge in [0, 0.05) is 10.2 Å². The van der Waals surface area contributed by atoms with E-state index in [0.717, 1.165) is 6.07 Å². The highest BCUT2D eigenvalue weighted by molar-refractivity contribution is 9.10. The summed E-state index contributed by atoms with van der Waals surface area (Å²) in [5.41, 5.74) is 0.315. The summed E-state index contributed by atoms with van der Waals surface area (Å²) in [4.78, 5) is 13.1. The molecule has 2 aromatic rings. The Labute approximate surface area is 120 Å². The predicted octanol–water partition coefficient (Wildman–Crippen LogP) is 2.45. The minimum absolute atomic E-state index is 0.0697. The summed E-state index contributed by atoms with van der Waals surface area (Å²) < 4.78 is 39.8. The van der Waals surface area contributed by atoms with Crippen molar-refractivity contribution in [3.05, 3.63) is 43.9 Å². The summed E-state index contributed by atoms with van der Waals surface area (Å²) >= 11 is 3.70. The van der Waals surface area contributed by atoms with E-state index in [9.17, 15) is 17.6 Å². The first-order valence-electron chi connectivity index (χ1n) is 4.97. The maximum absolute atomic E-state index is 13.1. The molecule has 2 N–H and O–H groups in total. The molecular formula is C10H8BrFN2O3S2. The summed E-state index contributed by atoms with van der Waals surface area (Å²) in [7, 11) is -3.92. The summed E-state index contributed by atoms with van der Waals surface area (Å²) in [5, 5.41) is 0. The molecule has 1 aromatic heterocycles. The topological polar surface area (TPSA) is 79.0 Å². The molecule has 2 rings (SSSR count). The molecule has 0 fully saturated rings. The van der Waals surface area contributed by atoms with Crippen molar-refractivity contribution in [1.82, 2.24) is 4.98 Å². The molecule has 0 spiro atoms. The number of nitrogens with one attached hydrogen (secondary N) is 2. The fourth-order valence-electron chi connectivity index (χ4n) is 1.41. The van der Waals surface area contributed by atoms with Crippen molar-refractivity contribution in [1.29, 1.82) is 0 Å². The van der Waals surface area contributed by atoms with E-state index in [1.54, 1.807) is 0 Å². The van der Waals surface area contributed by atoms with Crippen molar-refractivity contribution in [2.45, 2.75) is 11.1 Å². The Bertz CT molecular complexity index is 782. The van der Waals surface area contributed by atoms with Crippen molar-refractivity contribution < 1.29 is 12.8 Å². The monoisotopic (exact) mass is 366 g/mol. The van der Waals surface area contributed by atoms with Crippen LogP contribution in [0.4, 0.5) is 10.1 Å². The molecule has 0 aliphatic rings. The van der Waals surface area contributed by atoms with Gasteiger partial charge in [0.1, 0.15) is 5.82 Å². The number of aryl methyl sites for hydroxylation is 1. The van der Waals surface area contributed by atoms with Crippen molar-refractivity contribution in [2.24, 2.45) is 0 Å². The number of hydrogen-bond acceptors (Lipinski definition) is 4. The lowest BCUT2D eigenvalue weighted by Crippen LogP contribution is -2.13. The largest absolute Gasteiger partial charge is 0.315 e. The highest BCUT2D eigenvalue weighted by Gasteiger charge is 2.21. The molecule has 0 amide bonds. The first-order valence-corrected chi connectivity index (χ1v) is 8.06. The molecule has 0 aliphatic carbocycles. The summed E-state index contributed by atoms with van der Waals surface area (Å²) in [6.07, 6.45) is 0. The van der Waals surface area contributed by atoms with Crippen LogP contribution in [-0.4, -0.2) is 13.4 Å². The fraction of sp³-hybridized carbons (Fsp3) is 0.100. The van der Waals surface area contributed by atoms with Crippen LogP contribution in [-0.2, 0) is 10.0 Å². The molecule has 9 heteroatoms. The maximum atomic E-state index is 13.1. The van der Waals surface area contributed by atoms with E-state index in [2.05, 4.69) is 25.6 Å². The van der Waals surface area contributed by atoms with Crippen LogP contribution in [0.3, 0.4) is 0 Å². The van der Waals surface area contributed by atoms with Crippen molar-refractivity contribution in [3.63, 3.8) is 0 Å². The van der Waals surface area contributed by atoms with E-state index in [1.165, 1.54) is 19.1 Å². The first-order chi connectivity index (χ1) is 8.79. The van der Waals surface area contributed by atoms with Crippen molar-refractivity contribution >= 4 is 43.0 Å². The van der Waals surface area contributed by atoms with E-state index < -0.39 is 20.7 Å². The summed E-state index contributed by atoms with van der Waals surface area (Å²) in [6.45, 7) is 1.48. The Morgan fingerprint density at radius 2 is 2.11 bits per heavy atom. The van der Waals surface area contributed by atoms with Crippen LogP contribution >= 0.6 is 27.3 Å². The molecule has 1 heterocycles. The van der Waals surface area contributed by atoms with E-state index in [4.69, 9.17) is 0 Å². The quantitative estimate of drug-likeness (QED) is 0.875. The van der Waals surface area contributed by atoms with E-state index in [0.29, 0.717) is 15.8 Å². The van der Waals surface area contributed by atoms with Crippen LogP contribution in [0.25, 0.3) is 0 Å². The lowest BCUT2D eigenvalue weighted by molar-refractivity contribution is 0.602. The lowest BCUT2D eigenvalue weighted by Gasteiger charge is -2.08. The Morgan fingerprint density at radius 3 is 2.68 bits per heavy atom. The molecule has 0 saturated carbocycles. The van der Waals surface area contributed by atoms with Gasteiger partial charge in [-0.15, -0.1) is 0 Å². The molecule has 102 valence electrons. The third-order valence-corrected chi connectivity index (χ3v) is 5.86. The second kappa shape index (κ2) is 5.06. The minimum Gasteiger partial charge on any atom is -0.315 e. The number of aromatic amines is 1. The number of halogens is 2. The lowest BCUT2D eigenvalue weighted by atomic mass is 10.3. The highest BCUT2D eigenvalue weighted by atomic mass is 79.9. The summed E-state index contributed by atoms with van der Waals surface area (Å²) in [6, 6.07) is 3.63. The Kier molecular flexibility index (Phi) is 3.79. The zero-order valence-electron chi connectivity index (χ0n) is 9.53. The number of hydrogen-bond donors (Lipinski definition) is 2. The van der Waals surface area contributed by atoms with Crippen LogP contribution in [0.1, 0.15) is 5.69 Å². The van der Waals surface area contributed by atoms with Gasteiger partial charge in [0.25, 0.3) is 10.0 Å².